The van der Waals surface area contributed by atoms with E-state index in [0.717, 1.165) is 12.5 Å². The van der Waals surface area contributed by atoms with Crippen LogP contribution in [-0.4, -0.2) is 28.7 Å². The van der Waals surface area contributed by atoms with E-state index < -0.39 is 0 Å². The maximum Gasteiger partial charge on any atom is 0.223 e. The van der Waals surface area contributed by atoms with Crippen LogP contribution in [0.1, 0.15) is 18.6 Å². The fraction of sp³-hybridized carbons (Fsp3) is 0.625. The molecule has 1 aromatic rings. The van der Waals surface area contributed by atoms with Crippen molar-refractivity contribution < 1.29 is 4.52 Å². The molecule has 1 aliphatic rings. The Morgan fingerprint density at radius 3 is 3.07 bits per heavy atom. The minimum absolute atomic E-state index is 0.407. The number of aromatic nitrogens is 2. The molecule has 6 heteroatoms. The zero-order valence-corrected chi connectivity index (χ0v) is 8.24. The highest BCUT2D eigenvalue weighted by molar-refractivity contribution is 5.81. The Kier molecular flexibility index (Phi) is 2.34. The molecule has 6 nitrogen and oxygen atoms in total. The summed E-state index contributed by atoms with van der Waals surface area (Å²) in [5.74, 6) is 2.03. The zero-order valence-electron chi connectivity index (χ0n) is 8.24. The van der Waals surface area contributed by atoms with Gasteiger partial charge in [-0.25, -0.2) is 0 Å². The summed E-state index contributed by atoms with van der Waals surface area (Å²) < 4.78 is 4.84. The minimum Gasteiger partial charge on any atom is -0.352 e. The molecule has 76 valence electrons. The highest BCUT2D eigenvalue weighted by Gasteiger charge is 2.12. The molecule has 2 heterocycles. The first kappa shape index (κ1) is 8.98. The van der Waals surface area contributed by atoms with Gasteiger partial charge >= 0.3 is 0 Å². The van der Waals surface area contributed by atoms with Crippen molar-refractivity contribution >= 4 is 5.96 Å². The average Bonchev–Trinajstić information content (AvgIpc) is 2.72. The van der Waals surface area contributed by atoms with Crippen LogP contribution in [-0.2, 0) is 6.54 Å². The largest absolute Gasteiger partial charge is 0.352 e. The van der Waals surface area contributed by atoms with Gasteiger partial charge in [0.2, 0.25) is 5.89 Å². The standard InChI is InChI=1S/C8H13N5O/c1-5-3-9-8(11-5)10-4-7-12-6(2)14-13-7/h5H,3-4H2,1-2H3,(H2,9,10,11). The van der Waals surface area contributed by atoms with Crippen molar-refractivity contribution in [2.45, 2.75) is 26.4 Å². The van der Waals surface area contributed by atoms with Crippen molar-refractivity contribution in [3.05, 3.63) is 11.7 Å². The number of guanidine groups is 1. The van der Waals surface area contributed by atoms with Crippen LogP contribution in [0.4, 0.5) is 0 Å². The number of hydrogen-bond donors (Lipinski definition) is 2. The monoisotopic (exact) mass is 195 g/mol. The van der Waals surface area contributed by atoms with Crippen LogP contribution in [0.15, 0.2) is 9.52 Å². The van der Waals surface area contributed by atoms with Crippen molar-refractivity contribution in [2.75, 3.05) is 6.54 Å². The van der Waals surface area contributed by atoms with Crippen molar-refractivity contribution in [2.24, 2.45) is 4.99 Å². The number of nitrogens with one attached hydrogen (secondary N) is 2. The van der Waals surface area contributed by atoms with Crippen LogP contribution >= 0.6 is 0 Å². The fourth-order valence-electron chi connectivity index (χ4n) is 1.24. The Labute approximate surface area is 81.8 Å². The van der Waals surface area contributed by atoms with Gasteiger partial charge in [0.1, 0.15) is 0 Å². The lowest BCUT2D eigenvalue weighted by molar-refractivity contribution is 0.387. The van der Waals surface area contributed by atoms with Crippen LogP contribution < -0.4 is 10.6 Å². The molecule has 0 saturated carbocycles. The first-order chi connectivity index (χ1) is 6.74. The lowest BCUT2D eigenvalue weighted by atomic mass is 10.4. The fourth-order valence-corrected chi connectivity index (χ4v) is 1.24. The molecule has 0 aliphatic carbocycles. The summed E-state index contributed by atoms with van der Waals surface area (Å²) in [6.07, 6.45) is 0. The van der Waals surface area contributed by atoms with Crippen molar-refractivity contribution in [3.8, 4) is 0 Å². The summed E-state index contributed by atoms with van der Waals surface area (Å²) in [5.41, 5.74) is 0. The normalized spacial score (nSPS) is 20.4. The SMILES string of the molecule is Cc1nc(CNC2=NCC(C)N2)no1. The summed E-state index contributed by atoms with van der Waals surface area (Å²) in [6.45, 7) is 5.20. The summed E-state index contributed by atoms with van der Waals surface area (Å²) in [4.78, 5) is 8.31. The van der Waals surface area contributed by atoms with Gasteiger partial charge in [-0.1, -0.05) is 5.16 Å². The van der Waals surface area contributed by atoms with Gasteiger partial charge in [-0.2, -0.15) is 4.98 Å². The van der Waals surface area contributed by atoms with E-state index in [1.807, 2.05) is 0 Å². The lowest BCUT2D eigenvalue weighted by Crippen LogP contribution is -2.37. The molecule has 0 saturated heterocycles. The number of hydrogen-bond acceptors (Lipinski definition) is 6. The Hall–Kier alpha value is -1.59. The van der Waals surface area contributed by atoms with Crippen molar-refractivity contribution in [1.29, 1.82) is 0 Å². The van der Waals surface area contributed by atoms with Gasteiger partial charge < -0.3 is 15.2 Å². The molecule has 1 aliphatic heterocycles. The quantitative estimate of drug-likeness (QED) is 0.684. The Morgan fingerprint density at radius 2 is 2.50 bits per heavy atom. The molecule has 14 heavy (non-hydrogen) atoms. The molecule has 0 amide bonds. The van der Waals surface area contributed by atoms with Gasteiger partial charge in [0, 0.05) is 13.0 Å². The highest BCUT2D eigenvalue weighted by atomic mass is 16.5. The first-order valence-electron chi connectivity index (χ1n) is 4.58. The predicted molar refractivity (Wildman–Crippen MR) is 50.8 cm³/mol. The predicted octanol–water partition coefficient (Wildman–Crippen LogP) is -0.185. The molecular formula is C8H13N5O. The number of aliphatic imine (C=N–C) groups is 1. The molecule has 2 N–H and O–H groups in total. The van der Waals surface area contributed by atoms with E-state index in [2.05, 4.69) is 32.7 Å². The molecule has 0 radical (unpaired) electrons. The molecule has 2 rings (SSSR count). The molecule has 1 aromatic heterocycles. The van der Waals surface area contributed by atoms with E-state index in [1.165, 1.54) is 0 Å². The number of nitrogens with zero attached hydrogens (tertiary/aromatic N) is 3. The van der Waals surface area contributed by atoms with Crippen LogP contribution in [0.2, 0.25) is 0 Å². The maximum absolute atomic E-state index is 4.84. The van der Waals surface area contributed by atoms with Gasteiger partial charge in [-0.15, -0.1) is 0 Å². The molecular weight excluding hydrogens is 182 g/mol. The number of rotatable bonds is 2. The second-order valence-electron chi connectivity index (χ2n) is 3.32. The Balaban J connectivity index is 1.83. The minimum atomic E-state index is 0.407. The van der Waals surface area contributed by atoms with E-state index >= 15 is 0 Å². The Morgan fingerprint density at radius 1 is 1.64 bits per heavy atom. The first-order valence-corrected chi connectivity index (χ1v) is 4.58. The smallest absolute Gasteiger partial charge is 0.223 e. The van der Waals surface area contributed by atoms with Gasteiger partial charge in [-0.05, 0) is 6.92 Å². The third-order valence-corrected chi connectivity index (χ3v) is 1.89. The van der Waals surface area contributed by atoms with Crippen molar-refractivity contribution in [3.63, 3.8) is 0 Å². The highest BCUT2D eigenvalue weighted by Crippen LogP contribution is 1.96. The van der Waals surface area contributed by atoms with Crippen LogP contribution in [0.25, 0.3) is 0 Å². The van der Waals surface area contributed by atoms with E-state index in [9.17, 15) is 0 Å². The lowest BCUT2D eigenvalue weighted by Gasteiger charge is -2.05. The van der Waals surface area contributed by atoms with Crippen LogP contribution in [0.5, 0.6) is 0 Å². The van der Waals surface area contributed by atoms with Crippen LogP contribution in [0.3, 0.4) is 0 Å². The average molecular weight is 195 g/mol. The summed E-state index contributed by atoms with van der Waals surface area (Å²) in [7, 11) is 0. The molecule has 0 fully saturated rings. The van der Waals surface area contributed by atoms with E-state index in [-0.39, 0.29) is 0 Å². The van der Waals surface area contributed by atoms with E-state index in [0.29, 0.717) is 24.3 Å². The molecule has 0 aromatic carbocycles. The summed E-state index contributed by atoms with van der Waals surface area (Å²) in [5, 5.41) is 10.0. The third kappa shape index (κ3) is 2.01. The third-order valence-electron chi connectivity index (χ3n) is 1.89. The topological polar surface area (TPSA) is 75.3 Å². The van der Waals surface area contributed by atoms with Crippen molar-refractivity contribution in [1.82, 2.24) is 20.8 Å². The Bertz CT molecular complexity index is 345. The van der Waals surface area contributed by atoms with E-state index in [4.69, 9.17) is 4.52 Å². The van der Waals surface area contributed by atoms with Gasteiger partial charge in [0.15, 0.2) is 11.8 Å². The molecule has 0 spiro atoms. The second-order valence-corrected chi connectivity index (χ2v) is 3.32. The maximum atomic E-state index is 4.84. The zero-order chi connectivity index (χ0) is 9.97. The molecule has 0 bridgehead atoms. The summed E-state index contributed by atoms with van der Waals surface area (Å²) >= 11 is 0. The molecule has 1 unspecified atom stereocenters. The summed E-state index contributed by atoms with van der Waals surface area (Å²) in [6, 6.07) is 0.407. The van der Waals surface area contributed by atoms with Gasteiger partial charge in [0.25, 0.3) is 0 Å². The van der Waals surface area contributed by atoms with Gasteiger partial charge in [0.05, 0.1) is 13.1 Å². The van der Waals surface area contributed by atoms with E-state index in [1.54, 1.807) is 6.92 Å². The second kappa shape index (κ2) is 3.65. The molecule has 1 atom stereocenters. The number of aryl methyl sites for hydroxylation is 1. The van der Waals surface area contributed by atoms with Crippen LogP contribution in [0, 0.1) is 6.92 Å². The van der Waals surface area contributed by atoms with Gasteiger partial charge in [-0.3, -0.25) is 4.99 Å².